The van der Waals surface area contributed by atoms with Crippen molar-refractivity contribution < 1.29 is 22.6 Å². The van der Waals surface area contributed by atoms with Gasteiger partial charge in [-0.3, -0.25) is 9.55 Å². The highest BCUT2D eigenvalue weighted by Gasteiger charge is 2.26. The number of aryl methyl sites for hydroxylation is 1. The lowest BCUT2D eigenvalue weighted by atomic mass is 10.2. The molecule has 0 saturated carbocycles. The fourth-order valence-electron chi connectivity index (χ4n) is 3.60. The van der Waals surface area contributed by atoms with E-state index >= 15 is 0 Å². The second-order valence-electron chi connectivity index (χ2n) is 7.66. The molecule has 0 bridgehead atoms. The number of nitrogens with zero attached hydrogens (tertiary/aromatic N) is 5. The molecular weight excluding hydrogens is 550 g/mol. The zero-order valence-electron chi connectivity index (χ0n) is 19.9. The van der Waals surface area contributed by atoms with E-state index in [0.717, 1.165) is 4.47 Å². The van der Waals surface area contributed by atoms with Crippen LogP contribution in [0.3, 0.4) is 0 Å². The van der Waals surface area contributed by atoms with Crippen molar-refractivity contribution in [3.05, 3.63) is 70.7 Å². The summed E-state index contributed by atoms with van der Waals surface area (Å²) in [5, 5.41) is 8.55. The number of aromatic nitrogens is 5. The van der Waals surface area contributed by atoms with E-state index in [1.165, 1.54) is 21.3 Å². The maximum absolute atomic E-state index is 13.2. The lowest BCUT2D eigenvalue weighted by molar-refractivity contribution is 0.390. The average Bonchev–Trinajstić information content (AvgIpc) is 3.30. The summed E-state index contributed by atoms with van der Waals surface area (Å²) in [6.07, 6.45) is 1.91. The number of methoxy groups -OCH3 is 3. The molecule has 36 heavy (non-hydrogen) atoms. The number of pyridine rings is 2. The molecule has 0 atom stereocenters. The predicted octanol–water partition coefficient (Wildman–Crippen LogP) is 3.67. The Kier molecular flexibility index (Phi) is 7.85. The molecule has 0 fully saturated rings. The Balaban J connectivity index is 1.78. The van der Waals surface area contributed by atoms with Gasteiger partial charge in [0.05, 0.1) is 27.1 Å². The molecule has 0 amide bonds. The fourth-order valence-corrected chi connectivity index (χ4v) is 5.08. The van der Waals surface area contributed by atoms with Crippen molar-refractivity contribution >= 4 is 25.8 Å². The van der Waals surface area contributed by atoms with Gasteiger partial charge in [-0.25, -0.2) is 13.4 Å². The zero-order chi connectivity index (χ0) is 25.7. The van der Waals surface area contributed by atoms with Gasteiger partial charge < -0.3 is 14.2 Å². The highest BCUT2D eigenvalue weighted by Crippen LogP contribution is 2.36. The molecular formula is C24H24BrN5O5S. The normalized spacial score (nSPS) is 11.3. The third-order valence-corrected chi connectivity index (χ3v) is 7.32. The number of para-hydroxylation sites is 1. The van der Waals surface area contributed by atoms with Gasteiger partial charge >= 0.3 is 0 Å². The Bertz CT molecular complexity index is 1440. The standard InChI is InChI=1S/C24H24BrN5O5S/c1-33-19-7-5-8-20(34-2)23(19)30-21(28-29-24(30)18-6-4-9-22(27-18)35-3)15-36(31,32)13-12-17-11-10-16(25)14-26-17/h4-11,14H,12-13,15H2,1-3H3. The molecule has 0 aliphatic heterocycles. The molecule has 0 N–H and O–H groups in total. The Hall–Kier alpha value is -3.51. The van der Waals surface area contributed by atoms with Crippen LogP contribution < -0.4 is 14.2 Å². The van der Waals surface area contributed by atoms with E-state index in [0.29, 0.717) is 40.3 Å². The van der Waals surface area contributed by atoms with Crippen LogP contribution in [0.25, 0.3) is 17.2 Å². The monoisotopic (exact) mass is 573 g/mol. The minimum Gasteiger partial charge on any atom is -0.494 e. The first-order valence-corrected chi connectivity index (χ1v) is 13.4. The number of sulfone groups is 1. The van der Waals surface area contributed by atoms with E-state index < -0.39 is 9.84 Å². The zero-order valence-corrected chi connectivity index (χ0v) is 22.3. The lowest BCUT2D eigenvalue weighted by Crippen LogP contribution is -2.16. The van der Waals surface area contributed by atoms with Gasteiger partial charge in [0.1, 0.15) is 28.6 Å². The molecule has 0 aliphatic carbocycles. The van der Waals surface area contributed by atoms with Crippen molar-refractivity contribution in [2.24, 2.45) is 0 Å². The summed E-state index contributed by atoms with van der Waals surface area (Å²) in [5.74, 6) is 1.33. The van der Waals surface area contributed by atoms with E-state index in [9.17, 15) is 8.42 Å². The van der Waals surface area contributed by atoms with Gasteiger partial charge in [0.2, 0.25) is 5.88 Å². The molecule has 0 spiro atoms. The Morgan fingerprint density at radius 2 is 1.64 bits per heavy atom. The molecule has 0 saturated heterocycles. The van der Waals surface area contributed by atoms with Crippen LogP contribution in [0.15, 0.2) is 59.2 Å². The van der Waals surface area contributed by atoms with Crippen LogP contribution in [0.5, 0.6) is 17.4 Å². The number of hydrogen-bond donors (Lipinski definition) is 0. The van der Waals surface area contributed by atoms with Crippen LogP contribution in [-0.4, -0.2) is 60.2 Å². The molecule has 4 rings (SSSR count). The van der Waals surface area contributed by atoms with E-state index in [-0.39, 0.29) is 23.8 Å². The van der Waals surface area contributed by atoms with E-state index in [4.69, 9.17) is 14.2 Å². The van der Waals surface area contributed by atoms with Crippen molar-refractivity contribution in [1.82, 2.24) is 24.7 Å². The van der Waals surface area contributed by atoms with Gasteiger partial charge in [0, 0.05) is 28.9 Å². The average molecular weight is 574 g/mol. The van der Waals surface area contributed by atoms with E-state index in [2.05, 4.69) is 36.1 Å². The quantitative estimate of drug-likeness (QED) is 0.280. The van der Waals surface area contributed by atoms with Gasteiger partial charge in [-0.05, 0) is 46.3 Å². The molecule has 0 aliphatic rings. The summed E-state index contributed by atoms with van der Waals surface area (Å²) in [5.41, 5.74) is 1.58. The van der Waals surface area contributed by atoms with Crippen molar-refractivity contribution in [2.45, 2.75) is 12.2 Å². The molecule has 12 heteroatoms. The minimum absolute atomic E-state index is 0.107. The van der Waals surface area contributed by atoms with Crippen LogP contribution >= 0.6 is 15.9 Å². The number of hydrogen-bond acceptors (Lipinski definition) is 9. The first kappa shape index (κ1) is 25.6. The first-order valence-electron chi connectivity index (χ1n) is 10.8. The van der Waals surface area contributed by atoms with E-state index in [1.807, 2.05) is 6.07 Å². The van der Waals surface area contributed by atoms with Gasteiger partial charge in [-0.15, -0.1) is 10.2 Å². The first-order chi connectivity index (χ1) is 17.3. The Morgan fingerprint density at radius 1 is 0.917 bits per heavy atom. The molecule has 4 aromatic rings. The smallest absolute Gasteiger partial charge is 0.213 e. The second kappa shape index (κ2) is 11.0. The number of halogens is 1. The molecule has 1 aromatic carbocycles. The highest BCUT2D eigenvalue weighted by atomic mass is 79.9. The Labute approximate surface area is 217 Å². The maximum Gasteiger partial charge on any atom is 0.213 e. The van der Waals surface area contributed by atoms with Crippen LogP contribution in [-0.2, 0) is 22.0 Å². The van der Waals surface area contributed by atoms with Gasteiger partial charge in [-0.1, -0.05) is 12.1 Å². The maximum atomic E-state index is 13.2. The topological polar surface area (TPSA) is 118 Å². The molecule has 0 radical (unpaired) electrons. The van der Waals surface area contributed by atoms with Crippen molar-refractivity contribution in [3.8, 4) is 34.6 Å². The SMILES string of the molecule is COc1cccc(-c2nnc(CS(=O)(=O)CCc3ccc(Br)cn3)n2-c2c(OC)cccc2OC)n1. The summed E-state index contributed by atoms with van der Waals surface area (Å²) in [4.78, 5) is 8.72. The summed E-state index contributed by atoms with van der Waals surface area (Å²) < 4.78 is 45.2. The van der Waals surface area contributed by atoms with Gasteiger partial charge in [0.15, 0.2) is 21.5 Å². The summed E-state index contributed by atoms with van der Waals surface area (Å²) >= 11 is 3.33. The van der Waals surface area contributed by atoms with Gasteiger partial charge in [-0.2, -0.15) is 0 Å². The van der Waals surface area contributed by atoms with Crippen molar-refractivity contribution in [3.63, 3.8) is 0 Å². The number of benzene rings is 1. The Morgan fingerprint density at radius 3 is 2.28 bits per heavy atom. The highest BCUT2D eigenvalue weighted by molar-refractivity contribution is 9.10. The third kappa shape index (κ3) is 5.65. The molecule has 0 unspecified atom stereocenters. The second-order valence-corrected chi connectivity index (χ2v) is 10.8. The fraction of sp³-hybridized carbons (Fsp3) is 0.250. The largest absolute Gasteiger partial charge is 0.494 e. The summed E-state index contributed by atoms with van der Waals surface area (Å²) in [6, 6.07) is 14.1. The third-order valence-electron chi connectivity index (χ3n) is 5.32. The van der Waals surface area contributed by atoms with Crippen molar-refractivity contribution in [1.29, 1.82) is 0 Å². The predicted molar refractivity (Wildman–Crippen MR) is 137 cm³/mol. The molecule has 10 nitrogen and oxygen atoms in total. The van der Waals surface area contributed by atoms with E-state index in [1.54, 1.807) is 53.2 Å². The number of rotatable bonds is 10. The van der Waals surface area contributed by atoms with Crippen LogP contribution in [0.4, 0.5) is 0 Å². The minimum atomic E-state index is -3.60. The molecule has 3 heterocycles. The van der Waals surface area contributed by atoms with Crippen LogP contribution in [0, 0.1) is 0 Å². The summed E-state index contributed by atoms with van der Waals surface area (Å²) in [7, 11) is 0.959. The van der Waals surface area contributed by atoms with Crippen LogP contribution in [0.1, 0.15) is 11.5 Å². The summed E-state index contributed by atoms with van der Waals surface area (Å²) in [6.45, 7) is 0. The van der Waals surface area contributed by atoms with Crippen molar-refractivity contribution in [2.75, 3.05) is 27.1 Å². The van der Waals surface area contributed by atoms with Crippen LogP contribution in [0.2, 0.25) is 0 Å². The van der Waals surface area contributed by atoms with Gasteiger partial charge in [0.25, 0.3) is 0 Å². The lowest BCUT2D eigenvalue weighted by Gasteiger charge is -2.17. The molecule has 188 valence electrons. The number of ether oxygens (including phenoxy) is 3. The molecule has 3 aromatic heterocycles.